The molecule has 2 aromatic rings. The summed E-state index contributed by atoms with van der Waals surface area (Å²) in [6, 6.07) is 10.0. The first-order valence-electron chi connectivity index (χ1n) is 8.70. The summed E-state index contributed by atoms with van der Waals surface area (Å²) in [6.45, 7) is 1.33. The average molecular weight is 417 g/mol. The van der Waals surface area contributed by atoms with Gasteiger partial charge in [-0.15, -0.1) is 0 Å². The van der Waals surface area contributed by atoms with Gasteiger partial charge in [-0.25, -0.2) is 9.59 Å². The van der Waals surface area contributed by atoms with Crippen molar-refractivity contribution >= 4 is 23.4 Å². The first kappa shape index (κ1) is 22.3. The summed E-state index contributed by atoms with van der Waals surface area (Å²) in [6.07, 6.45) is -1.07. The number of hydrogen-bond donors (Lipinski definition) is 1. The van der Waals surface area contributed by atoms with Gasteiger partial charge in [-0.1, -0.05) is 30.3 Å². The molecule has 11 nitrogen and oxygen atoms in total. The summed E-state index contributed by atoms with van der Waals surface area (Å²) in [7, 11) is 1.12. The van der Waals surface area contributed by atoms with E-state index in [-0.39, 0.29) is 24.2 Å². The molecule has 0 spiro atoms. The Labute approximate surface area is 170 Å². The Kier molecular flexibility index (Phi) is 7.39. The van der Waals surface area contributed by atoms with Crippen LogP contribution in [0.1, 0.15) is 16.7 Å². The monoisotopic (exact) mass is 417 g/mol. The van der Waals surface area contributed by atoms with Gasteiger partial charge in [0.05, 0.1) is 17.0 Å². The lowest BCUT2D eigenvalue weighted by molar-refractivity contribution is -0.422. The van der Waals surface area contributed by atoms with Gasteiger partial charge in [-0.3, -0.25) is 20.2 Å². The van der Waals surface area contributed by atoms with Gasteiger partial charge >= 0.3 is 23.4 Å². The number of hydrogen-bond acceptors (Lipinski definition) is 8. The number of benzene rings is 2. The number of nitro groups is 2. The van der Waals surface area contributed by atoms with Crippen LogP contribution in [0.4, 0.5) is 16.2 Å². The second-order valence-electron chi connectivity index (χ2n) is 6.28. The minimum absolute atomic E-state index is 0.0251. The minimum Gasteiger partial charge on any atom is -0.467 e. The van der Waals surface area contributed by atoms with Gasteiger partial charge in [0.1, 0.15) is 12.6 Å². The maximum atomic E-state index is 12.1. The number of carbonyl (C=O) groups excluding carboxylic acids is 2. The van der Waals surface area contributed by atoms with Crippen LogP contribution in [0, 0.1) is 27.2 Å². The molecule has 0 aliphatic heterocycles. The number of amides is 1. The third-order valence-electron chi connectivity index (χ3n) is 4.15. The lowest BCUT2D eigenvalue weighted by Gasteiger charge is -2.17. The van der Waals surface area contributed by atoms with E-state index in [4.69, 9.17) is 4.74 Å². The number of rotatable bonds is 8. The summed E-state index contributed by atoms with van der Waals surface area (Å²) in [5.74, 6) is -0.801. The topological polar surface area (TPSA) is 151 Å². The quantitative estimate of drug-likeness (QED) is 0.391. The summed E-state index contributed by atoms with van der Waals surface area (Å²) in [5.41, 5.74) is -0.300. The largest absolute Gasteiger partial charge is 0.467 e. The summed E-state index contributed by atoms with van der Waals surface area (Å²) in [5, 5.41) is 24.7. The molecule has 0 fully saturated rings. The van der Waals surface area contributed by atoms with Crippen LogP contribution in [0.2, 0.25) is 0 Å². The molecule has 1 atom stereocenters. The van der Waals surface area contributed by atoms with Crippen molar-refractivity contribution in [1.82, 2.24) is 5.32 Å². The predicted octanol–water partition coefficient (Wildman–Crippen LogP) is 2.82. The highest BCUT2D eigenvalue weighted by Gasteiger charge is 2.30. The van der Waals surface area contributed by atoms with Crippen LogP contribution in [0.15, 0.2) is 42.5 Å². The van der Waals surface area contributed by atoms with E-state index in [1.807, 2.05) is 6.07 Å². The van der Waals surface area contributed by atoms with Crippen molar-refractivity contribution in [3.05, 3.63) is 79.4 Å². The van der Waals surface area contributed by atoms with Crippen molar-refractivity contribution in [2.45, 2.75) is 26.0 Å². The van der Waals surface area contributed by atoms with Crippen LogP contribution in [0.5, 0.6) is 0 Å². The molecule has 0 aromatic heterocycles. The van der Waals surface area contributed by atoms with Crippen molar-refractivity contribution in [3.8, 4) is 0 Å². The fourth-order valence-corrected chi connectivity index (χ4v) is 2.81. The Morgan fingerprint density at radius 3 is 2.30 bits per heavy atom. The molecule has 2 rings (SSSR count). The third kappa shape index (κ3) is 5.74. The van der Waals surface area contributed by atoms with Crippen molar-refractivity contribution in [3.63, 3.8) is 0 Å². The molecule has 0 aliphatic rings. The number of aryl methyl sites for hydroxylation is 1. The number of nitro benzene ring substituents is 2. The van der Waals surface area contributed by atoms with Crippen molar-refractivity contribution in [2.24, 2.45) is 0 Å². The first-order valence-corrected chi connectivity index (χ1v) is 8.70. The predicted molar refractivity (Wildman–Crippen MR) is 104 cm³/mol. The molecule has 0 heterocycles. The molecule has 2 aromatic carbocycles. The lowest BCUT2D eigenvalue weighted by Crippen LogP contribution is -2.43. The highest BCUT2D eigenvalue weighted by atomic mass is 16.6. The Morgan fingerprint density at radius 2 is 1.73 bits per heavy atom. The molecule has 0 aliphatic carbocycles. The van der Waals surface area contributed by atoms with Gasteiger partial charge in [-0.2, -0.15) is 0 Å². The summed E-state index contributed by atoms with van der Waals surface area (Å²) < 4.78 is 9.74. The summed E-state index contributed by atoms with van der Waals surface area (Å²) >= 11 is 0. The molecule has 11 heteroatoms. The Balaban J connectivity index is 2.18. The molecule has 0 radical (unpaired) electrons. The highest BCUT2D eigenvalue weighted by Crippen LogP contribution is 2.32. The Morgan fingerprint density at radius 1 is 1.07 bits per heavy atom. The number of ether oxygens (including phenoxy) is 2. The first-order chi connectivity index (χ1) is 14.2. The van der Waals surface area contributed by atoms with Crippen LogP contribution in [0.25, 0.3) is 0 Å². The van der Waals surface area contributed by atoms with Gasteiger partial charge in [0.15, 0.2) is 0 Å². The van der Waals surface area contributed by atoms with Gasteiger partial charge in [0.2, 0.25) is 0 Å². The number of nitrogens with zero attached hydrogens (tertiary/aromatic N) is 2. The number of alkyl carbamates (subject to hydrolysis) is 1. The van der Waals surface area contributed by atoms with E-state index in [9.17, 15) is 29.8 Å². The average Bonchev–Trinajstić information content (AvgIpc) is 2.71. The van der Waals surface area contributed by atoms with Crippen LogP contribution >= 0.6 is 0 Å². The SMILES string of the molecule is COC(=O)C(Cc1cc(C)c([N+](=O)[O-])c([N+](=O)[O-])c1)NC(=O)OCc1ccccc1. The van der Waals surface area contributed by atoms with E-state index in [2.05, 4.69) is 10.1 Å². The second kappa shape index (κ2) is 9.96. The van der Waals surface area contributed by atoms with Crippen molar-refractivity contribution < 1.29 is 28.9 Å². The molecule has 30 heavy (non-hydrogen) atoms. The van der Waals surface area contributed by atoms with E-state index in [0.29, 0.717) is 0 Å². The minimum atomic E-state index is -1.21. The van der Waals surface area contributed by atoms with E-state index in [1.54, 1.807) is 24.3 Å². The smallest absolute Gasteiger partial charge is 0.408 e. The molecule has 0 saturated carbocycles. The van der Waals surface area contributed by atoms with Crippen LogP contribution in [0.3, 0.4) is 0 Å². The zero-order valence-corrected chi connectivity index (χ0v) is 16.2. The standard InChI is InChI=1S/C19H19N3O8/c1-12-8-14(10-16(21(25)26)17(12)22(27)28)9-15(18(23)29-2)20-19(24)30-11-13-6-4-3-5-7-13/h3-8,10,15H,9,11H2,1-2H3,(H,20,24). The molecular weight excluding hydrogens is 398 g/mol. The van der Waals surface area contributed by atoms with Gasteiger partial charge in [-0.05, 0) is 24.1 Å². The zero-order chi connectivity index (χ0) is 22.3. The normalized spacial score (nSPS) is 11.3. The number of esters is 1. The fraction of sp³-hybridized carbons (Fsp3) is 0.263. The number of methoxy groups -OCH3 is 1. The van der Waals surface area contributed by atoms with Gasteiger partial charge in [0, 0.05) is 18.1 Å². The van der Waals surface area contributed by atoms with E-state index in [0.717, 1.165) is 18.7 Å². The lowest BCUT2D eigenvalue weighted by atomic mass is 10.0. The van der Waals surface area contributed by atoms with Gasteiger partial charge in [0.25, 0.3) is 0 Å². The van der Waals surface area contributed by atoms with E-state index in [1.165, 1.54) is 13.0 Å². The third-order valence-corrected chi connectivity index (χ3v) is 4.15. The van der Waals surface area contributed by atoms with Crippen LogP contribution in [-0.4, -0.2) is 35.1 Å². The molecule has 1 N–H and O–H groups in total. The fourth-order valence-electron chi connectivity index (χ4n) is 2.81. The van der Waals surface area contributed by atoms with Crippen LogP contribution in [-0.2, 0) is 27.3 Å². The molecule has 0 bridgehead atoms. The van der Waals surface area contributed by atoms with Crippen molar-refractivity contribution in [2.75, 3.05) is 7.11 Å². The second-order valence-corrected chi connectivity index (χ2v) is 6.28. The van der Waals surface area contributed by atoms with Crippen molar-refractivity contribution in [1.29, 1.82) is 0 Å². The zero-order valence-electron chi connectivity index (χ0n) is 16.2. The van der Waals surface area contributed by atoms with Crippen LogP contribution < -0.4 is 5.32 Å². The number of carbonyl (C=O) groups is 2. The Hall–Kier alpha value is -4.02. The molecular formula is C19H19N3O8. The maximum Gasteiger partial charge on any atom is 0.408 e. The molecule has 1 amide bonds. The summed E-state index contributed by atoms with van der Waals surface area (Å²) in [4.78, 5) is 44.8. The highest BCUT2D eigenvalue weighted by molar-refractivity contribution is 5.81. The molecule has 0 saturated heterocycles. The van der Waals surface area contributed by atoms with E-state index >= 15 is 0 Å². The number of nitrogens with one attached hydrogen (secondary N) is 1. The Bertz CT molecular complexity index is 962. The molecule has 1 unspecified atom stereocenters. The van der Waals surface area contributed by atoms with Gasteiger partial charge < -0.3 is 14.8 Å². The van der Waals surface area contributed by atoms with E-state index < -0.39 is 39.3 Å². The molecule has 158 valence electrons. The maximum absolute atomic E-state index is 12.1.